The second-order valence-electron chi connectivity index (χ2n) is 6.53. The van der Waals surface area contributed by atoms with E-state index in [9.17, 15) is 18.0 Å². The molecular formula is C21H24ClNO5S. The molecule has 8 heteroatoms. The zero-order chi connectivity index (χ0) is 21.8. The molecule has 0 radical (unpaired) electrons. The first-order valence-electron chi connectivity index (χ1n) is 9.19. The highest BCUT2D eigenvalue weighted by Gasteiger charge is 2.24. The summed E-state index contributed by atoms with van der Waals surface area (Å²) in [6, 6.07) is 9.08. The molecule has 2 rings (SSSR count). The molecule has 0 aliphatic rings. The molecule has 0 amide bonds. The first-order valence-corrected chi connectivity index (χ1v) is 11.0. The Morgan fingerprint density at radius 2 is 1.66 bits per heavy atom. The zero-order valence-corrected chi connectivity index (χ0v) is 18.4. The summed E-state index contributed by atoms with van der Waals surface area (Å²) in [6.45, 7) is 7.40. The number of aryl methyl sites for hydroxylation is 2. The summed E-state index contributed by atoms with van der Waals surface area (Å²) in [5.74, 6) is -1.21. The lowest BCUT2D eigenvalue weighted by molar-refractivity contribution is 0.0474. The Morgan fingerprint density at radius 3 is 2.24 bits per heavy atom. The standard InChI is InChI=1S/C21H24ClNO5S/c1-5-23(6-2)29(26,27)17-9-10-19(22)18(12-17)21(25)28-13-20(24)16-8-7-14(3)15(4)11-16/h7-12H,5-6,13H2,1-4H3. The molecule has 0 aromatic heterocycles. The van der Waals surface area contributed by atoms with Crippen LogP contribution in [0, 0.1) is 13.8 Å². The van der Waals surface area contributed by atoms with Crippen molar-refractivity contribution in [2.45, 2.75) is 32.6 Å². The Morgan fingerprint density at radius 1 is 1.00 bits per heavy atom. The Bertz CT molecular complexity index is 1030. The van der Waals surface area contributed by atoms with Gasteiger partial charge in [-0.05, 0) is 49.2 Å². The first-order chi connectivity index (χ1) is 13.6. The summed E-state index contributed by atoms with van der Waals surface area (Å²) in [7, 11) is -3.76. The molecule has 6 nitrogen and oxygen atoms in total. The Kier molecular flexibility index (Phi) is 7.57. The molecule has 156 valence electrons. The molecule has 0 aliphatic carbocycles. The van der Waals surface area contributed by atoms with Crippen LogP contribution in [0.15, 0.2) is 41.3 Å². The van der Waals surface area contributed by atoms with Crippen molar-refractivity contribution in [2.75, 3.05) is 19.7 Å². The Balaban J connectivity index is 2.20. The summed E-state index contributed by atoms with van der Waals surface area (Å²) < 4.78 is 31.7. The van der Waals surface area contributed by atoms with Crippen LogP contribution in [-0.4, -0.2) is 44.2 Å². The summed E-state index contributed by atoms with van der Waals surface area (Å²) in [5, 5.41) is 0.0483. The largest absolute Gasteiger partial charge is 0.454 e. The van der Waals surface area contributed by atoms with Gasteiger partial charge in [-0.3, -0.25) is 4.79 Å². The van der Waals surface area contributed by atoms with E-state index in [0.29, 0.717) is 18.7 Å². The third-order valence-corrected chi connectivity index (χ3v) is 7.04. The van der Waals surface area contributed by atoms with Crippen LogP contribution in [0.4, 0.5) is 0 Å². The summed E-state index contributed by atoms with van der Waals surface area (Å²) in [6.07, 6.45) is 0. The van der Waals surface area contributed by atoms with E-state index in [0.717, 1.165) is 11.1 Å². The van der Waals surface area contributed by atoms with E-state index in [4.69, 9.17) is 16.3 Å². The number of rotatable bonds is 8. The predicted octanol–water partition coefficient (Wildman–Crippen LogP) is 4.03. The van der Waals surface area contributed by atoms with E-state index in [1.165, 1.54) is 22.5 Å². The smallest absolute Gasteiger partial charge is 0.340 e. The number of hydrogen-bond donors (Lipinski definition) is 0. The zero-order valence-electron chi connectivity index (χ0n) is 16.9. The molecule has 0 atom stereocenters. The van der Waals surface area contributed by atoms with E-state index in [1.54, 1.807) is 26.0 Å². The summed E-state index contributed by atoms with van der Waals surface area (Å²) in [5.41, 5.74) is 2.34. The highest BCUT2D eigenvalue weighted by Crippen LogP contribution is 2.24. The van der Waals surface area contributed by atoms with Crippen LogP contribution in [-0.2, 0) is 14.8 Å². The summed E-state index contributed by atoms with van der Waals surface area (Å²) >= 11 is 6.06. The number of esters is 1. The van der Waals surface area contributed by atoms with Gasteiger partial charge < -0.3 is 4.74 Å². The molecule has 0 aliphatic heterocycles. The van der Waals surface area contributed by atoms with Crippen LogP contribution in [0.2, 0.25) is 5.02 Å². The monoisotopic (exact) mass is 437 g/mol. The third-order valence-electron chi connectivity index (χ3n) is 4.66. The van der Waals surface area contributed by atoms with Gasteiger partial charge in [-0.1, -0.05) is 37.6 Å². The maximum absolute atomic E-state index is 12.7. The number of ether oxygens (including phenoxy) is 1. The number of Topliss-reactive ketones (excluding diaryl/α,β-unsaturated/α-hetero) is 1. The molecule has 29 heavy (non-hydrogen) atoms. The molecule has 2 aromatic carbocycles. The van der Waals surface area contributed by atoms with Gasteiger partial charge in [0.25, 0.3) is 0 Å². The van der Waals surface area contributed by atoms with Gasteiger partial charge in [0.15, 0.2) is 12.4 Å². The van der Waals surface area contributed by atoms with Crippen molar-refractivity contribution >= 4 is 33.4 Å². The Hall–Kier alpha value is -2.22. The number of carbonyl (C=O) groups is 2. The minimum absolute atomic E-state index is 0.0483. The molecular weight excluding hydrogens is 414 g/mol. The normalized spacial score (nSPS) is 11.5. The quantitative estimate of drug-likeness (QED) is 0.460. The van der Waals surface area contributed by atoms with Crippen LogP contribution in [0.25, 0.3) is 0 Å². The van der Waals surface area contributed by atoms with E-state index in [1.807, 2.05) is 19.9 Å². The number of hydrogen-bond acceptors (Lipinski definition) is 5. The van der Waals surface area contributed by atoms with Gasteiger partial charge in [0.05, 0.1) is 15.5 Å². The fourth-order valence-electron chi connectivity index (χ4n) is 2.74. The van der Waals surface area contributed by atoms with E-state index in [-0.39, 0.29) is 21.3 Å². The lowest BCUT2D eigenvalue weighted by atomic mass is 10.0. The van der Waals surface area contributed by atoms with Gasteiger partial charge in [-0.15, -0.1) is 0 Å². The van der Waals surface area contributed by atoms with E-state index >= 15 is 0 Å². The van der Waals surface area contributed by atoms with Gasteiger partial charge in [-0.25, -0.2) is 13.2 Å². The number of nitrogens with zero attached hydrogens (tertiary/aromatic N) is 1. The highest BCUT2D eigenvalue weighted by atomic mass is 35.5. The Labute approximate surface area is 176 Å². The second kappa shape index (κ2) is 9.52. The minimum Gasteiger partial charge on any atom is -0.454 e. The van der Waals surface area contributed by atoms with Crippen LogP contribution in [0.1, 0.15) is 45.7 Å². The molecule has 0 saturated heterocycles. The molecule has 0 saturated carbocycles. The van der Waals surface area contributed by atoms with Gasteiger partial charge in [0.2, 0.25) is 10.0 Å². The number of halogens is 1. The minimum atomic E-state index is -3.76. The van der Waals surface area contributed by atoms with Crippen molar-refractivity contribution < 1.29 is 22.7 Å². The topological polar surface area (TPSA) is 80.8 Å². The van der Waals surface area contributed by atoms with Crippen LogP contribution >= 0.6 is 11.6 Å². The molecule has 0 heterocycles. The van der Waals surface area contributed by atoms with E-state index in [2.05, 4.69) is 0 Å². The molecule has 0 unspecified atom stereocenters. The average Bonchev–Trinajstić information content (AvgIpc) is 2.68. The first kappa shape index (κ1) is 23.1. The van der Waals surface area contributed by atoms with Crippen molar-refractivity contribution in [3.63, 3.8) is 0 Å². The molecule has 0 N–H and O–H groups in total. The lowest BCUT2D eigenvalue weighted by Crippen LogP contribution is -2.30. The number of carbonyl (C=O) groups excluding carboxylic acids is 2. The molecule has 2 aromatic rings. The molecule has 0 spiro atoms. The van der Waals surface area contributed by atoms with Crippen molar-refractivity contribution in [1.29, 1.82) is 0 Å². The van der Waals surface area contributed by atoms with Crippen LogP contribution in [0.3, 0.4) is 0 Å². The van der Waals surface area contributed by atoms with Gasteiger partial charge in [-0.2, -0.15) is 4.31 Å². The van der Waals surface area contributed by atoms with Crippen molar-refractivity contribution in [2.24, 2.45) is 0 Å². The SMILES string of the molecule is CCN(CC)S(=O)(=O)c1ccc(Cl)c(C(=O)OCC(=O)c2ccc(C)c(C)c2)c1. The fourth-order valence-corrected chi connectivity index (χ4v) is 4.42. The van der Waals surface area contributed by atoms with Crippen molar-refractivity contribution in [1.82, 2.24) is 4.31 Å². The number of sulfonamides is 1. The average molecular weight is 438 g/mol. The van der Waals surface area contributed by atoms with E-state index < -0.39 is 22.6 Å². The number of benzene rings is 2. The maximum atomic E-state index is 12.7. The fraction of sp³-hybridized carbons (Fsp3) is 0.333. The molecule has 0 fully saturated rings. The summed E-state index contributed by atoms with van der Waals surface area (Å²) in [4.78, 5) is 24.7. The van der Waals surface area contributed by atoms with Gasteiger partial charge >= 0.3 is 5.97 Å². The second-order valence-corrected chi connectivity index (χ2v) is 8.87. The number of ketones is 1. The van der Waals surface area contributed by atoms with Crippen LogP contribution < -0.4 is 0 Å². The third kappa shape index (κ3) is 5.23. The van der Waals surface area contributed by atoms with Crippen molar-refractivity contribution in [3.05, 3.63) is 63.7 Å². The van der Waals surface area contributed by atoms with Crippen molar-refractivity contribution in [3.8, 4) is 0 Å². The highest BCUT2D eigenvalue weighted by molar-refractivity contribution is 7.89. The predicted molar refractivity (Wildman–Crippen MR) is 112 cm³/mol. The van der Waals surface area contributed by atoms with Crippen LogP contribution in [0.5, 0.6) is 0 Å². The molecule has 0 bridgehead atoms. The maximum Gasteiger partial charge on any atom is 0.340 e. The lowest BCUT2D eigenvalue weighted by Gasteiger charge is -2.19. The van der Waals surface area contributed by atoms with Gasteiger partial charge in [0.1, 0.15) is 0 Å². The van der Waals surface area contributed by atoms with Gasteiger partial charge in [0, 0.05) is 18.7 Å².